The van der Waals surface area contributed by atoms with Gasteiger partial charge in [-0.2, -0.15) is 0 Å². The second-order valence-corrected chi connectivity index (χ2v) is 7.32. The molecule has 5 nitrogen and oxygen atoms in total. The van der Waals surface area contributed by atoms with Gasteiger partial charge in [-0.3, -0.25) is 4.79 Å². The van der Waals surface area contributed by atoms with Gasteiger partial charge in [-0.15, -0.1) is 0 Å². The van der Waals surface area contributed by atoms with Crippen LogP contribution in [0.4, 0.5) is 5.69 Å². The van der Waals surface area contributed by atoms with Crippen LogP contribution in [0.2, 0.25) is 15.1 Å². The number of benzene rings is 3. The van der Waals surface area contributed by atoms with E-state index in [9.17, 15) is 4.79 Å². The smallest absolute Gasteiger partial charge is 0.262 e. The van der Waals surface area contributed by atoms with Crippen molar-refractivity contribution >= 4 is 57.5 Å². The summed E-state index contributed by atoms with van der Waals surface area (Å²) in [6.07, 6.45) is 0. The second kappa shape index (κ2) is 8.33. The molecule has 1 amide bonds. The quantitative estimate of drug-likeness (QED) is 0.381. The summed E-state index contributed by atoms with van der Waals surface area (Å²) in [7, 11) is 0. The summed E-state index contributed by atoms with van der Waals surface area (Å²) in [5, 5.41) is 4.15. The van der Waals surface area contributed by atoms with E-state index in [1.54, 1.807) is 60.7 Å². The van der Waals surface area contributed by atoms with Crippen LogP contribution in [0.25, 0.3) is 22.6 Å². The molecule has 0 aliphatic carbocycles. The van der Waals surface area contributed by atoms with Crippen LogP contribution in [-0.2, 0) is 4.79 Å². The first-order valence-electron chi connectivity index (χ1n) is 8.53. The van der Waals surface area contributed by atoms with E-state index < -0.39 is 0 Å². The standard InChI is InChI=1S/C21H13Cl3N2O3/c22-12-4-7-14(8-5-12)28-11-19(27)25-13-6-9-18-17(10-13)26-21(29-18)15-2-1-3-16(23)20(15)24/h1-10H,11H2,(H,25,27). The fourth-order valence-electron chi connectivity index (χ4n) is 2.67. The molecule has 0 bridgehead atoms. The summed E-state index contributed by atoms with van der Waals surface area (Å²) < 4.78 is 11.2. The second-order valence-electron chi connectivity index (χ2n) is 6.09. The Labute approximate surface area is 181 Å². The van der Waals surface area contributed by atoms with Gasteiger partial charge in [-0.1, -0.05) is 40.9 Å². The molecule has 0 unspecified atom stereocenters. The van der Waals surface area contributed by atoms with Gasteiger partial charge in [0.25, 0.3) is 5.91 Å². The first-order chi connectivity index (χ1) is 14.0. The fourth-order valence-corrected chi connectivity index (χ4v) is 3.17. The van der Waals surface area contributed by atoms with E-state index in [1.807, 2.05) is 0 Å². The number of halogens is 3. The van der Waals surface area contributed by atoms with Gasteiger partial charge in [0.05, 0.1) is 15.6 Å². The molecule has 0 radical (unpaired) electrons. The average Bonchev–Trinajstić information content (AvgIpc) is 3.13. The third kappa shape index (κ3) is 4.48. The number of nitrogens with zero attached hydrogens (tertiary/aromatic N) is 1. The third-order valence-corrected chi connectivity index (χ3v) is 5.11. The van der Waals surface area contributed by atoms with E-state index in [0.717, 1.165) is 0 Å². The predicted molar refractivity (Wildman–Crippen MR) is 115 cm³/mol. The highest BCUT2D eigenvalue weighted by Gasteiger charge is 2.14. The van der Waals surface area contributed by atoms with Gasteiger partial charge in [0.15, 0.2) is 12.2 Å². The molecule has 3 aromatic carbocycles. The third-order valence-electron chi connectivity index (χ3n) is 4.04. The number of oxazole rings is 1. The molecule has 1 N–H and O–H groups in total. The monoisotopic (exact) mass is 446 g/mol. The summed E-state index contributed by atoms with van der Waals surface area (Å²) in [5.41, 5.74) is 2.30. The first kappa shape index (κ1) is 19.6. The van der Waals surface area contributed by atoms with Gasteiger partial charge in [-0.05, 0) is 54.6 Å². The van der Waals surface area contributed by atoms with Crippen molar-refractivity contribution in [3.05, 3.63) is 75.7 Å². The van der Waals surface area contributed by atoms with Crippen molar-refractivity contribution in [1.82, 2.24) is 4.98 Å². The van der Waals surface area contributed by atoms with Crippen molar-refractivity contribution in [3.63, 3.8) is 0 Å². The maximum absolute atomic E-state index is 12.2. The Morgan fingerprint density at radius 1 is 1.03 bits per heavy atom. The van der Waals surface area contributed by atoms with E-state index in [0.29, 0.717) is 49.1 Å². The molecule has 1 heterocycles. The molecule has 8 heteroatoms. The zero-order chi connectivity index (χ0) is 20.4. The minimum atomic E-state index is -0.305. The molecule has 0 saturated heterocycles. The van der Waals surface area contributed by atoms with Gasteiger partial charge in [0.1, 0.15) is 11.3 Å². The van der Waals surface area contributed by atoms with Crippen LogP contribution in [0.3, 0.4) is 0 Å². The Balaban J connectivity index is 1.48. The summed E-state index contributed by atoms with van der Waals surface area (Å²) in [6, 6.07) is 17.2. The van der Waals surface area contributed by atoms with Crippen molar-refractivity contribution in [2.45, 2.75) is 0 Å². The molecular weight excluding hydrogens is 435 g/mol. The zero-order valence-corrected chi connectivity index (χ0v) is 17.1. The molecule has 0 aliphatic rings. The summed E-state index contributed by atoms with van der Waals surface area (Å²) >= 11 is 18.1. The largest absolute Gasteiger partial charge is 0.484 e. The lowest BCUT2D eigenvalue weighted by atomic mass is 10.2. The number of hydrogen-bond donors (Lipinski definition) is 1. The lowest BCUT2D eigenvalue weighted by molar-refractivity contribution is -0.118. The Morgan fingerprint density at radius 2 is 1.83 bits per heavy atom. The Morgan fingerprint density at radius 3 is 2.62 bits per heavy atom. The van der Waals surface area contributed by atoms with Crippen LogP contribution in [0.15, 0.2) is 65.1 Å². The van der Waals surface area contributed by atoms with Gasteiger partial charge in [0.2, 0.25) is 5.89 Å². The van der Waals surface area contributed by atoms with Crippen molar-refractivity contribution in [2.75, 3.05) is 11.9 Å². The maximum atomic E-state index is 12.2. The Bertz CT molecular complexity index is 1190. The number of rotatable bonds is 5. The molecule has 0 fully saturated rings. The van der Waals surface area contributed by atoms with Crippen LogP contribution >= 0.6 is 34.8 Å². The normalized spacial score (nSPS) is 10.9. The minimum Gasteiger partial charge on any atom is -0.484 e. The fraction of sp³-hybridized carbons (Fsp3) is 0.0476. The van der Waals surface area contributed by atoms with Crippen molar-refractivity contribution in [1.29, 1.82) is 0 Å². The van der Waals surface area contributed by atoms with Crippen LogP contribution < -0.4 is 10.1 Å². The van der Waals surface area contributed by atoms with Gasteiger partial charge in [-0.25, -0.2) is 4.98 Å². The number of carbonyl (C=O) groups excluding carboxylic acids is 1. The number of carbonyl (C=O) groups is 1. The van der Waals surface area contributed by atoms with E-state index in [1.165, 1.54) is 0 Å². The number of amides is 1. The highest BCUT2D eigenvalue weighted by Crippen LogP contribution is 2.34. The van der Waals surface area contributed by atoms with Gasteiger partial charge in [0, 0.05) is 10.7 Å². The topological polar surface area (TPSA) is 64.4 Å². The van der Waals surface area contributed by atoms with Gasteiger partial charge >= 0.3 is 0 Å². The number of aromatic nitrogens is 1. The van der Waals surface area contributed by atoms with Crippen molar-refractivity contribution in [3.8, 4) is 17.2 Å². The molecule has 29 heavy (non-hydrogen) atoms. The number of ether oxygens (including phenoxy) is 1. The maximum Gasteiger partial charge on any atom is 0.262 e. The van der Waals surface area contributed by atoms with E-state index in [2.05, 4.69) is 10.3 Å². The SMILES string of the molecule is O=C(COc1ccc(Cl)cc1)Nc1ccc2oc(-c3cccc(Cl)c3Cl)nc2c1. The van der Waals surface area contributed by atoms with Crippen molar-refractivity contribution in [2.24, 2.45) is 0 Å². The number of anilines is 1. The molecule has 4 aromatic rings. The predicted octanol–water partition coefficient (Wildman–Crippen LogP) is 6.47. The van der Waals surface area contributed by atoms with Crippen LogP contribution in [0.1, 0.15) is 0 Å². The van der Waals surface area contributed by atoms with Crippen LogP contribution in [0, 0.1) is 0 Å². The van der Waals surface area contributed by atoms with E-state index >= 15 is 0 Å². The molecule has 0 spiro atoms. The lowest BCUT2D eigenvalue weighted by Crippen LogP contribution is -2.20. The number of nitrogens with one attached hydrogen (secondary N) is 1. The highest BCUT2D eigenvalue weighted by atomic mass is 35.5. The van der Waals surface area contributed by atoms with Crippen LogP contribution in [0.5, 0.6) is 5.75 Å². The lowest BCUT2D eigenvalue weighted by Gasteiger charge is -2.07. The summed E-state index contributed by atoms with van der Waals surface area (Å²) in [6.45, 7) is -0.137. The molecule has 0 atom stereocenters. The minimum absolute atomic E-state index is 0.137. The Hall–Kier alpha value is -2.73. The average molecular weight is 448 g/mol. The molecule has 0 saturated carbocycles. The molecule has 0 aliphatic heterocycles. The number of fused-ring (bicyclic) bond motifs is 1. The molecular formula is C21H13Cl3N2O3. The van der Waals surface area contributed by atoms with Crippen LogP contribution in [-0.4, -0.2) is 17.5 Å². The molecule has 4 rings (SSSR count). The van der Waals surface area contributed by atoms with Gasteiger partial charge < -0.3 is 14.5 Å². The van der Waals surface area contributed by atoms with E-state index in [4.69, 9.17) is 44.0 Å². The first-order valence-corrected chi connectivity index (χ1v) is 9.66. The van der Waals surface area contributed by atoms with Crippen molar-refractivity contribution < 1.29 is 13.9 Å². The Kier molecular flexibility index (Phi) is 5.62. The molecule has 1 aromatic heterocycles. The summed E-state index contributed by atoms with van der Waals surface area (Å²) in [5.74, 6) is 0.600. The summed E-state index contributed by atoms with van der Waals surface area (Å²) in [4.78, 5) is 16.6. The number of hydrogen-bond acceptors (Lipinski definition) is 4. The molecule has 146 valence electrons. The highest BCUT2D eigenvalue weighted by molar-refractivity contribution is 6.43. The van der Waals surface area contributed by atoms with E-state index in [-0.39, 0.29) is 12.5 Å². The zero-order valence-electron chi connectivity index (χ0n) is 14.8.